The lowest BCUT2D eigenvalue weighted by atomic mass is 10.2. The number of rotatable bonds is 3. The molecule has 0 amide bonds. The lowest BCUT2D eigenvalue weighted by molar-refractivity contribution is 0.476. The number of hydrogen-bond donors (Lipinski definition) is 1. The molecule has 0 saturated carbocycles. The first-order chi connectivity index (χ1) is 7.92. The third kappa shape index (κ3) is 2.03. The van der Waals surface area contributed by atoms with E-state index in [0.717, 1.165) is 13.1 Å². The number of hydrogen-bond acceptors (Lipinski definition) is 3. The van der Waals surface area contributed by atoms with Gasteiger partial charge in [-0.15, -0.1) is 11.3 Å². The Kier molecular flexibility index (Phi) is 2.76. The highest BCUT2D eigenvalue weighted by atomic mass is 32.1. The monoisotopic (exact) mass is 233 g/mol. The third-order valence-corrected chi connectivity index (χ3v) is 3.93. The molecule has 0 bridgehead atoms. The van der Waals surface area contributed by atoms with E-state index in [9.17, 15) is 0 Å². The van der Waals surface area contributed by atoms with E-state index in [0.29, 0.717) is 6.04 Å². The average molecular weight is 233 g/mol. The first kappa shape index (κ1) is 10.1. The van der Waals surface area contributed by atoms with Gasteiger partial charge in [0.1, 0.15) is 0 Å². The van der Waals surface area contributed by atoms with Gasteiger partial charge in [-0.1, -0.05) is 6.07 Å². The summed E-state index contributed by atoms with van der Waals surface area (Å²) in [5.41, 5.74) is 1.23. The summed E-state index contributed by atoms with van der Waals surface area (Å²) < 4.78 is 2.05. The fraction of sp³-hybridized carbons (Fsp3) is 0.417. The van der Waals surface area contributed by atoms with Crippen LogP contribution in [0.4, 0.5) is 0 Å². The van der Waals surface area contributed by atoms with Crippen LogP contribution in [0.5, 0.6) is 0 Å². The van der Waals surface area contributed by atoms with Crippen molar-refractivity contribution in [2.45, 2.75) is 25.4 Å². The Morgan fingerprint density at radius 1 is 1.56 bits per heavy atom. The zero-order valence-electron chi connectivity index (χ0n) is 9.10. The van der Waals surface area contributed by atoms with E-state index in [1.807, 2.05) is 6.20 Å². The van der Waals surface area contributed by atoms with Gasteiger partial charge in [0.05, 0.1) is 12.7 Å². The molecule has 4 heteroatoms. The van der Waals surface area contributed by atoms with Crippen molar-refractivity contribution in [3.8, 4) is 10.4 Å². The molecule has 1 unspecified atom stereocenters. The van der Waals surface area contributed by atoms with Crippen molar-refractivity contribution in [1.82, 2.24) is 15.1 Å². The molecule has 84 valence electrons. The maximum atomic E-state index is 4.42. The van der Waals surface area contributed by atoms with E-state index in [2.05, 4.69) is 38.8 Å². The van der Waals surface area contributed by atoms with E-state index in [4.69, 9.17) is 0 Å². The van der Waals surface area contributed by atoms with Crippen LogP contribution >= 0.6 is 11.3 Å². The van der Waals surface area contributed by atoms with Crippen molar-refractivity contribution in [2.24, 2.45) is 0 Å². The zero-order valence-corrected chi connectivity index (χ0v) is 9.91. The van der Waals surface area contributed by atoms with Crippen LogP contribution in [0, 0.1) is 0 Å². The lowest BCUT2D eigenvalue weighted by Crippen LogP contribution is -2.26. The van der Waals surface area contributed by atoms with Gasteiger partial charge in [0, 0.05) is 22.7 Å². The minimum atomic E-state index is 0.607. The van der Waals surface area contributed by atoms with Crippen LogP contribution in [0.25, 0.3) is 10.4 Å². The van der Waals surface area contributed by atoms with E-state index >= 15 is 0 Å². The Morgan fingerprint density at radius 3 is 3.31 bits per heavy atom. The van der Waals surface area contributed by atoms with Crippen LogP contribution in [0.3, 0.4) is 0 Å². The summed E-state index contributed by atoms with van der Waals surface area (Å²) in [6, 6.07) is 4.83. The van der Waals surface area contributed by atoms with Gasteiger partial charge < -0.3 is 5.32 Å². The predicted molar refractivity (Wildman–Crippen MR) is 66.6 cm³/mol. The van der Waals surface area contributed by atoms with Crippen molar-refractivity contribution in [1.29, 1.82) is 0 Å². The van der Waals surface area contributed by atoms with Crippen LogP contribution in [-0.4, -0.2) is 22.4 Å². The van der Waals surface area contributed by atoms with E-state index in [1.54, 1.807) is 11.3 Å². The Bertz CT molecular complexity index is 441. The molecule has 3 nitrogen and oxygen atoms in total. The Labute approximate surface area is 99.1 Å². The Balaban J connectivity index is 1.72. The van der Waals surface area contributed by atoms with Gasteiger partial charge in [0.25, 0.3) is 0 Å². The fourth-order valence-electron chi connectivity index (χ4n) is 2.17. The van der Waals surface area contributed by atoms with Crippen molar-refractivity contribution < 1.29 is 0 Å². The Morgan fingerprint density at radius 2 is 2.56 bits per heavy atom. The molecule has 0 spiro atoms. The smallest absolute Gasteiger partial charge is 0.0576 e. The van der Waals surface area contributed by atoms with Crippen LogP contribution in [-0.2, 0) is 6.54 Å². The quantitative estimate of drug-likeness (QED) is 0.882. The van der Waals surface area contributed by atoms with Crippen molar-refractivity contribution >= 4 is 11.3 Å². The molecule has 2 aromatic rings. The average Bonchev–Trinajstić information content (AvgIpc) is 2.99. The van der Waals surface area contributed by atoms with Crippen molar-refractivity contribution in [2.75, 3.05) is 6.54 Å². The number of nitrogens with one attached hydrogen (secondary N) is 1. The van der Waals surface area contributed by atoms with Gasteiger partial charge in [-0.2, -0.15) is 5.10 Å². The largest absolute Gasteiger partial charge is 0.312 e. The molecule has 0 aromatic carbocycles. The zero-order chi connectivity index (χ0) is 10.8. The van der Waals surface area contributed by atoms with Gasteiger partial charge in [-0.25, -0.2) is 0 Å². The second-order valence-electron chi connectivity index (χ2n) is 4.22. The summed E-state index contributed by atoms with van der Waals surface area (Å²) in [5.74, 6) is 0. The van der Waals surface area contributed by atoms with Gasteiger partial charge in [-0.05, 0) is 30.8 Å². The summed E-state index contributed by atoms with van der Waals surface area (Å²) in [5, 5.41) is 10.0. The summed E-state index contributed by atoms with van der Waals surface area (Å²) >= 11 is 1.76. The molecule has 2 aromatic heterocycles. The first-order valence-electron chi connectivity index (χ1n) is 5.71. The predicted octanol–water partition coefficient (Wildman–Crippen LogP) is 2.36. The highest BCUT2D eigenvalue weighted by Gasteiger charge is 2.14. The second-order valence-corrected chi connectivity index (χ2v) is 5.17. The number of aromatic nitrogens is 2. The molecule has 1 fully saturated rings. The summed E-state index contributed by atoms with van der Waals surface area (Å²) in [4.78, 5) is 1.30. The highest BCUT2D eigenvalue weighted by molar-refractivity contribution is 7.13. The summed E-state index contributed by atoms with van der Waals surface area (Å²) in [6.07, 6.45) is 6.67. The van der Waals surface area contributed by atoms with Crippen LogP contribution in [0.2, 0.25) is 0 Å². The van der Waals surface area contributed by atoms with Gasteiger partial charge >= 0.3 is 0 Å². The fourth-order valence-corrected chi connectivity index (χ4v) is 2.87. The van der Waals surface area contributed by atoms with E-state index < -0.39 is 0 Å². The summed E-state index contributed by atoms with van der Waals surface area (Å²) in [7, 11) is 0. The molecule has 3 heterocycles. The van der Waals surface area contributed by atoms with E-state index in [1.165, 1.54) is 23.3 Å². The number of thiophene rings is 1. The van der Waals surface area contributed by atoms with E-state index in [-0.39, 0.29) is 0 Å². The minimum absolute atomic E-state index is 0.607. The standard InChI is InChI=1S/C12H15N3S/c1-3-11(13-5-1)9-15-8-10(7-14-15)12-4-2-6-16-12/h2,4,6-8,11,13H,1,3,5,9H2. The SMILES string of the molecule is c1csc(-c2cnn(CC3CCCN3)c2)c1. The lowest BCUT2D eigenvalue weighted by Gasteiger charge is -2.09. The number of nitrogens with zero attached hydrogens (tertiary/aromatic N) is 2. The second kappa shape index (κ2) is 4.39. The minimum Gasteiger partial charge on any atom is -0.312 e. The molecule has 1 aliphatic rings. The normalized spacial score (nSPS) is 20.4. The maximum Gasteiger partial charge on any atom is 0.0576 e. The molecule has 3 rings (SSSR count). The van der Waals surface area contributed by atoms with Gasteiger partial charge in [0.2, 0.25) is 0 Å². The highest BCUT2D eigenvalue weighted by Crippen LogP contribution is 2.23. The van der Waals surface area contributed by atoms with Gasteiger partial charge in [-0.3, -0.25) is 4.68 Å². The molecule has 0 radical (unpaired) electrons. The molecule has 1 N–H and O–H groups in total. The topological polar surface area (TPSA) is 29.9 Å². The molecule has 1 atom stereocenters. The van der Waals surface area contributed by atoms with Crippen molar-refractivity contribution in [3.63, 3.8) is 0 Å². The third-order valence-electron chi connectivity index (χ3n) is 3.01. The first-order valence-corrected chi connectivity index (χ1v) is 6.59. The van der Waals surface area contributed by atoms with Gasteiger partial charge in [0.15, 0.2) is 0 Å². The summed E-state index contributed by atoms with van der Waals surface area (Å²) in [6.45, 7) is 2.15. The molecule has 0 aliphatic carbocycles. The van der Waals surface area contributed by atoms with Crippen LogP contribution < -0.4 is 5.32 Å². The van der Waals surface area contributed by atoms with Crippen LogP contribution in [0.1, 0.15) is 12.8 Å². The molecule has 16 heavy (non-hydrogen) atoms. The Hall–Kier alpha value is -1.13. The molecule has 1 aliphatic heterocycles. The van der Waals surface area contributed by atoms with Crippen molar-refractivity contribution in [3.05, 3.63) is 29.9 Å². The maximum absolute atomic E-state index is 4.42. The van der Waals surface area contributed by atoms with Crippen LogP contribution in [0.15, 0.2) is 29.9 Å². The molecular formula is C12H15N3S. The molecule has 1 saturated heterocycles. The molecular weight excluding hydrogens is 218 g/mol.